The van der Waals surface area contributed by atoms with E-state index in [9.17, 15) is 19.5 Å². The zero-order valence-electron chi connectivity index (χ0n) is 22.2. The van der Waals surface area contributed by atoms with Gasteiger partial charge in [-0.05, 0) is 30.2 Å². The molecule has 0 N–H and O–H groups in total. The van der Waals surface area contributed by atoms with Crippen LogP contribution in [0.3, 0.4) is 0 Å². The van der Waals surface area contributed by atoms with Gasteiger partial charge in [0.15, 0.2) is 5.79 Å². The smallest absolute Gasteiger partial charge is 0.349 e. The molecule has 8 nitrogen and oxygen atoms in total. The van der Waals surface area contributed by atoms with Gasteiger partial charge >= 0.3 is 17.9 Å². The van der Waals surface area contributed by atoms with Gasteiger partial charge in [-0.2, -0.15) is 0 Å². The summed E-state index contributed by atoms with van der Waals surface area (Å²) in [6.45, 7) is 2.98. The van der Waals surface area contributed by atoms with Gasteiger partial charge in [0, 0.05) is 18.1 Å². The van der Waals surface area contributed by atoms with Gasteiger partial charge in [0.25, 0.3) is 5.79 Å². The Kier molecular flexibility index (Phi) is 7.31. The maximum atomic E-state index is 12.8. The van der Waals surface area contributed by atoms with Crippen molar-refractivity contribution in [3.63, 3.8) is 0 Å². The van der Waals surface area contributed by atoms with E-state index >= 15 is 0 Å². The Balaban J connectivity index is 1.44. The number of carbonyl (C=O) groups is 3. The number of hydrogen-bond acceptors (Lipinski definition) is 8. The first-order valence-electron chi connectivity index (χ1n) is 12.8. The Labute approximate surface area is 236 Å². The molecule has 1 atom stereocenters. The van der Waals surface area contributed by atoms with E-state index in [1.165, 1.54) is 38.2 Å². The molecule has 5 rings (SSSR count). The van der Waals surface area contributed by atoms with Crippen LogP contribution in [-0.4, -0.2) is 17.9 Å². The molecule has 206 valence electrons. The van der Waals surface area contributed by atoms with E-state index in [0.29, 0.717) is 22.3 Å². The SMILES string of the molecule is CC1(c2ccccc2)OC(=O)C(=C/C=C(/C=C/C2=C([O-])OC(C)(c3ccccc3)OC2=O)c2ccccc2)C(=O)O1. The van der Waals surface area contributed by atoms with Crippen molar-refractivity contribution in [1.82, 2.24) is 0 Å². The molecule has 0 aliphatic carbocycles. The molecule has 8 heteroatoms. The summed E-state index contributed by atoms with van der Waals surface area (Å²) in [5.74, 6) is -6.54. The van der Waals surface area contributed by atoms with E-state index in [-0.39, 0.29) is 11.1 Å². The highest BCUT2D eigenvalue weighted by Crippen LogP contribution is 2.35. The van der Waals surface area contributed by atoms with Gasteiger partial charge in [0.1, 0.15) is 5.57 Å². The van der Waals surface area contributed by atoms with Crippen LogP contribution >= 0.6 is 0 Å². The van der Waals surface area contributed by atoms with Crippen molar-refractivity contribution in [1.29, 1.82) is 0 Å². The molecule has 2 aliphatic heterocycles. The number of allylic oxidation sites excluding steroid dienone is 4. The maximum absolute atomic E-state index is 12.8. The maximum Gasteiger partial charge on any atom is 0.349 e. The third-order valence-corrected chi connectivity index (χ3v) is 6.59. The zero-order chi connectivity index (χ0) is 29.0. The predicted molar refractivity (Wildman–Crippen MR) is 146 cm³/mol. The fourth-order valence-electron chi connectivity index (χ4n) is 4.35. The van der Waals surface area contributed by atoms with Gasteiger partial charge in [-0.15, -0.1) is 0 Å². The van der Waals surface area contributed by atoms with Crippen LogP contribution in [0, 0.1) is 0 Å². The van der Waals surface area contributed by atoms with E-state index in [1.54, 1.807) is 84.9 Å². The second kappa shape index (κ2) is 11.0. The lowest BCUT2D eigenvalue weighted by Gasteiger charge is -2.41. The van der Waals surface area contributed by atoms with Gasteiger partial charge < -0.3 is 24.1 Å². The van der Waals surface area contributed by atoms with Gasteiger partial charge in [0.2, 0.25) is 0 Å². The summed E-state index contributed by atoms with van der Waals surface area (Å²) in [5.41, 5.74) is 1.54. The van der Waals surface area contributed by atoms with Crippen molar-refractivity contribution in [3.8, 4) is 0 Å². The summed E-state index contributed by atoms with van der Waals surface area (Å²) in [6.07, 6.45) is 5.53. The summed E-state index contributed by atoms with van der Waals surface area (Å²) in [4.78, 5) is 38.5. The van der Waals surface area contributed by atoms with Crippen LogP contribution in [0.1, 0.15) is 30.5 Å². The summed E-state index contributed by atoms with van der Waals surface area (Å²) in [5, 5.41) is 12.8. The van der Waals surface area contributed by atoms with Crippen LogP contribution in [0.15, 0.2) is 132 Å². The molecule has 0 amide bonds. The second-order valence-corrected chi connectivity index (χ2v) is 9.50. The molecule has 2 heterocycles. The molecule has 0 radical (unpaired) electrons. The Morgan fingerprint density at radius 1 is 0.659 bits per heavy atom. The van der Waals surface area contributed by atoms with E-state index in [0.717, 1.165) is 0 Å². The molecule has 3 aromatic carbocycles. The molecule has 0 saturated carbocycles. The first-order valence-corrected chi connectivity index (χ1v) is 12.8. The van der Waals surface area contributed by atoms with E-state index in [2.05, 4.69) is 0 Å². The van der Waals surface area contributed by atoms with Gasteiger partial charge in [-0.3, -0.25) is 0 Å². The van der Waals surface area contributed by atoms with Crippen molar-refractivity contribution in [2.45, 2.75) is 25.4 Å². The Hall–Kier alpha value is -5.37. The molecule has 2 aliphatic rings. The number of esters is 3. The van der Waals surface area contributed by atoms with Crippen molar-refractivity contribution < 1.29 is 38.4 Å². The lowest BCUT2D eigenvalue weighted by molar-refractivity contribution is -0.399. The van der Waals surface area contributed by atoms with Crippen LogP contribution in [0.25, 0.3) is 5.57 Å². The molecule has 1 fully saturated rings. The predicted octanol–water partition coefficient (Wildman–Crippen LogP) is 4.54. The molecule has 3 aromatic rings. The van der Waals surface area contributed by atoms with Crippen LogP contribution < -0.4 is 5.11 Å². The van der Waals surface area contributed by atoms with Gasteiger partial charge in [0.05, 0.1) is 11.5 Å². The third kappa shape index (κ3) is 5.67. The number of carbonyl (C=O) groups excluding carboxylic acids is 3. The normalized spacial score (nSPS) is 23.0. The number of benzene rings is 3. The molecule has 0 aromatic heterocycles. The fourth-order valence-corrected chi connectivity index (χ4v) is 4.35. The van der Waals surface area contributed by atoms with E-state index < -0.39 is 35.4 Å². The Morgan fingerprint density at radius 3 is 1.63 bits per heavy atom. The summed E-state index contributed by atoms with van der Waals surface area (Å²) >= 11 is 0. The van der Waals surface area contributed by atoms with Crippen molar-refractivity contribution in [2.75, 3.05) is 0 Å². The van der Waals surface area contributed by atoms with E-state index in [1.807, 2.05) is 6.07 Å². The third-order valence-electron chi connectivity index (χ3n) is 6.59. The Morgan fingerprint density at radius 2 is 1.12 bits per heavy atom. The average Bonchev–Trinajstić information content (AvgIpc) is 2.96. The fraction of sp³-hybridized carbons (Fsp3) is 0.121. The van der Waals surface area contributed by atoms with E-state index in [4.69, 9.17) is 18.9 Å². The Bertz CT molecular complexity index is 1580. The average molecular weight is 550 g/mol. The summed E-state index contributed by atoms with van der Waals surface area (Å²) in [6, 6.07) is 26.3. The zero-order valence-corrected chi connectivity index (χ0v) is 22.2. The van der Waals surface area contributed by atoms with Crippen LogP contribution in [0.5, 0.6) is 0 Å². The topological polar surface area (TPSA) is 111 Å². The molecular weight excluding hydrogens is 524 g/mol. The number of cyclic esters (lactones) is 3. The lowest BCUT2D eigenvalue weighted by Crippen LogP contribution is -2.42. The quantitative estimate of drug-likeness (QED) is 0.191. The lowest BCUT2D eigenvalue weighted by atomic mass is 10.0. The highest BCUT2D eigenvalue weighted by Gasteiger charge is 2.43. The van der Waals surface area contributed by atoms with Crippen molar-refractivity contribution >= 4 is 23.5 Å². The highest BCUT2D eigenvalue weighted by molar-refractivity contribution is 6.15. The second-order valence-electron chi connectivity index (χ2n) is 9.50. The minimum atomic E-state index is -1.56. The molecule has 1 saturated heterocycles. The molecule has 41 heavy (non-hydrogen) atoms. The van der Waals surface area contributed by atoms with Crippen LogP contribution in [0.4, 0.5) is 0 Å². The van der Waals surface area contributed by atoms with Crippen molar-refractivity contribution in [2.24, 2.45) is 0 Å². The molecule has 1 unspecified atom stereocenters. The summed E-state index contributed by atoms with van der Waals surface area (Å²) < 4.78 is 22.0. The number of ether oxygens (including phenoxy) is 4. The largest absolute Gasteiger partial charge is 0.571 e. The molecule has 0 bridgehead atoms. The minimum absolute atomic E-state index is 0.317. The summed E-state index contributed by atoms with van der Waals surface area (Å²) in [7, 11) is 0. The van der Waals surface area contributed by atoms with Crippen LogP contribution in [-0.2, 0) is 44.9 Å². The minimum Gasteiger partial charge on any atom is -0.571 e. The standard InChI is InChI=1S/C33H26O8/c1-32(24-14-8-4-9-15-24)38-28(34)26(29(35)39-32)20-18-23(22-12-6-3-7-13-22)19-21-27-30(36)40-33(2,41-31(27)37)25-16-10-5-11-17-25/h3-21,34H,1-2H3/p-1/b20-18+,23-19-,27-21?. The first-order chi connectivity index (χ1) is 19.7. The van der Waals surface area contributed by atoms with Gasteiger partial charge in [-0.1, -0.05) is 103 Å². The van der Waals surface area contributed by atoms with Crippen molar-refractivity contribution in [3.05, 3.63) is 149 Å². The highest BCUT2D eigenvalue weighted by atomic mass is 16.8. The molecular formula is C33H25O8-. The number of hydrogen-bond donors (Lipinski definition) is 0. The monoisotopic (exact) mass is 549 g/mol. The van der Waals surface area contributed by atoms with Gasteiger partial charge in [-0.25, -0.2) is 14.4 Å². The van der Waals surface area contributed by atoms with Crippen LogP contribution in [0.2, 0.25) is 0 Å². The first kappa shape index (κ1) is 27.2. The number of rotatable bonds is 6. The molecule has 0 spiro atoms.